The zero-order valence-corrected chi connectivity index (χ0v) is 46.7. The molecule has 3 unspecified atom stereocenters. The average Bonchev–Trinajstić information content (AvgIpc) is 3.31. The van der Waals surface area contributed by atoms with E-state index in [-0.39, 0.29) is 31.5 Å². The maximum atomic E-state index is 13.5. The number of phosphoric acid groups is 1. The molecule has 0 aromatic rings. The second kappa shape index (κ2) is 49.3. The van der Waals surface area contributed by atoms with Gasteiger partial charge in [0.05, 0.1) is 33.8 Å². The average molecular weight is 991 g/mol. The normalized spacial score (nSPS) is 14.2. The van der Waals surface area contributed by atoms with Crippen LogP contribution in [0.4, 0.5) is 0 Å². The summed E-state index contributed by atoms with van der Waals surface area (Å²) in [6, 6.07) is -0.866. The molecular formula is C59H110N2O7P+. The summed E-state index contributed by atoms with van der Waals surface area (Å²) in [5, 5.41) is 3.03. The number of hydrogen-bond donors (Lipinski definition) is 2. The third kappa shape index (κ3) is 50.4. The Morgan fingerprint density at radius 2 is 0.870 bits per heavy atom. The van der Waals surface area contributed by atoms with Crippen molar-refractivity contribution in [1.29, 1.82) is 0 Å². The van der Waals surface area contributed by atoms with Gasteiger partial charge < -0.3 is 19.4 Å². The number of rotatable bonds is 51. The van der Waals surface area contributed by atoms with Gasteiger partial charge in [-0.3, -0.25) is 18.6 Å². The number of quaternary nitrogens is 1. The lowest BCUT2D eigenvalue weighted by Gasteiger charge is -2.27. The van der Waals surface area contributed by atoms with Crippen LogP contribution < -0.4 is 5.32 Å². The highest BCUT2D eigenvalue weighted by molar-refractivity contribution is 7.47. The molecule has 0 radical (unpaired) electrons. The molecule has 2 N–H and O–H groups in total. The van der Waals surface area contributed by atoms with E-state index in [1.165, 1.54) is 128 Å². The largest absolute Gasteiger partial charge is 0.472 e. The number of allylic oxidation sites excluding steroid dienone is 9. The van der Waals surface area contributed by atoms with E-state index < -0.39 is 20.0 Å². The van der Waals surface area contributed by atoms with Gasteiger partial charge in [-0.1, -0.05) is 217 Å². The summed E-state index contributed by atoms with van der Waals surface area (Å²) in [7, 11) is 1.47. The van der Waals surface area contributed by atoms with Crippen molar-refractivity contribution in [2.45, 2.75) is 264 Å². The van der Waals surface area contributed by atoms with Crippen LogP contribution in [0.2, 0.25) is 0 Å². The molecule has 402 valence electrons. The number of carbonyl (C=O) groups excluding carboxylic acids is 2. The van der Waals surface area contributed by atoms with E-state index in [4.69, 9.17) is 13.8 Å². The van der Waals surface area contributed by atoms with Crippen LogP contribution in [-0.4, -0.2) is 74.3 Å². The van der Waals surface area contributed by atoms with Crippen LogP contribution in [0, 0.1) is 0 Å². The lowest BCUT2D eigenvalue weighted by Crippen LogP contribution is -2.47. The summed E-state index contributed by atoms with van der Waals surface area (Å²) in [4.78, 5) is 37.5. The number of hydrogen-bond acceptors (Lipinski definition) is 6. The van der Waals surface area contributed by atoms with E-state index in [1.54, 1.807) is 0 Å². The van der Waals surface area contributed by atoms with Crippen LogP contribution in [0.15, 0.2) is 60.8 Å². The van der Waals surface area contributed by atoms with Gasteiger partial charge in [0.15, 0.2) is 0 Å². The van der Waals surface area contributed by atoms with Crippen molar-refractivity contribution in [3.05, 3.63) is 60.8 Å². The first-order valence-electron chi connectivity index (χ1n) is 28.6. The summed E-state index contributed by atoms with van der Waals surface area (Å²) in [5.74, 6) is -0.549. The zero-order valence-electron chi connectivity index (χ0n) is 45.8. The minimum atomic E-state index is -4.45. The fraction of sp³-hybridized carbons (Fsp3) is 0.797. The van der Waals surface area contributed by atoms with Crippen molar-refractivity contribution in [1.82, 2.24) is 5.32 Å². The second-order valence-corrected chi connectivity index (χ2v) is 22.0. The van der Waals surface area contributed by atoms with Gasteiger partial charge in [-0.05, 0) is 83.1 Å². The summed E-state index contributed by atoms with van der Waals surface area (Å²) in [5.41, 5.74) is 0. The maximum absolute atomic E-state index is 13.5. The first kappa shape index (κ1) is 66.7. The van der Waals surface area contributed by atoms with Gasteiger partial charge >= 0.3 is 13.8 Å². The van der Waals surface area contributed by atoms with E-state index in [9.17, 15) is 19.0 Å². The number of likely N-dealkylation sites (N-methyl/N-ethyl adjacent to an activating group) is 1. The number of nitrogens with one attached hydrogen (secondary N) is 1. The van der Waals surface area contributed by atoms with Crippen molar-refractivity contribution in [2.75, 3.05) is 40.9 Å². The molecule has 0 aliphatic heterocycles. The molecule has 1 amide bonds. The van der Waals surface area contributed by atoms with Crippen LogP contribution >= 0.6 is 7.82 Å². The topological polar surface area (TPSA) is 111 Å². The smallest absolute Gasteiger partial charge is 0.456 e. The number of esters is 1. The highest BCUT2D eigenvalue weighted by atomic mass is 31.2. The van der Waals surface area contributed by atoms with Gasteiger partial charge in [0, 0.05) is 12.8 Å². The Bertz CT molecular complexity index is 1370. The highest BCUT2D eigenvalue weighted by Gasteiger charge is 2.30. The Kier molecular flexibility index (Phi) is 47.7. The molecule has 0 fully saturated rings. The first-order chi connectivity index (χ1) is 33.4. The van der Waals surface area contributed by atoms with Crippen LogP contribution in [0.25, 0.3) is 0 Å². The van der Waals surface area contributed by atoms with Crippen molar-refractivity contribution >= 4 is 19.7 Å². The van der Waals surface area contributed by atoms with Gasteiger partial charge in [0.1, 0.15) is 19.3 Å². The van der Waals surface area contributed by atoms with E-state index >= 15 is 0 Å². The van der Waals surface area contributed by atoms with E-state index in [0.717, 1.165) is 83.5 Å². The zero-order chi connectivity index (χ0) is 50.8. The minimum Gasteiger partial charge on any atom is -0.456 e. The van der Waals surface area contributed by atoms with Gasteiger partial charge in [0.25, 0.3) is 0 Å². The van der Waals surface area contributed by atoms with E-state index in [0.29, 0.717) is 23.9 Å². The summed E-state index contributed by atoms with van der Waals surface area (Å²) in [6.45, 7) is 6.94. The number of ether oxygens (including phenoxy) is 1. The van der Waals surface area contributed by atoms with Crippen molar-refractivity contribution in [2.24, 2.45) is 0 Å². The molecule has 0 spiro atoms. The Morgan fingerprint density at radius 3 is 1.32 bits per heavy atom. The molecular weight excluding hydrogens is 880 g/mol. The second-order valence-electron chi connectivity index (χ2n) is 20.5. The third-order valence-corrected chi connectivity index (χ3v) is 13.5. The number of amides is 1. The molecule has 0 aliphatic rings. The molecule has 0 aromatic carbocycles. The molecule has 0 aliphatic carbocycles. The lowest BCUT2D eigenvalue weighted by atomic mass is 10.0. The number of nitrogens with zero attached hydrogens (tertiary/aromatic N) is 1. The van der Waals surface area contributed by atoms with Crippen molar-refractivity contribution < 1.29 is 37.3 Å². The SMILES string of the molecule is CCCCC/C=C/C=C/CCCCCCCCC(=O)OC(/C=C/CCCCCCCCCCCC)C(COP(=O)(O)OCC[N+](C)(C)C)NC(=O)CCCCC/C=C/C=C/CCCCCCCCC. The molecule has 10 heteroatoms. The minimum absolute atomic E-state index is 0.0319. The Morgan fingerprint density at radius 1 is 0.507 bits per heavy atom. The number of phosphoric ester groups is 1. The lowest BCUT2D eigenvalue weighted by molar-refractivity contribution is -0.870. The third-order valence-electron chi connectivity index (χ3n) is 12.5. The fourth-order valence-electron chi connectivity index (χ4n) is 7.98. The first-order valence-corrected chi connectivity index (χ1v) is 30.1. The van der Waals surface area contributed by atoms with Crippen LogP contribution in [0.1, 0.15) is 252 Å². The molecule has 69 heavy (non-hydrogen) atoms. The summed E-state index contributed by atoms with van der Waals surface area (Å²) < 4.78 is 30.6. The molecule has 0 saturated heterocycles. The van der Waals surface area contributed by atoms with Crippen LogP contribution in [0.3, 0.4) is 0 Å². The van der Waals surface area contributed by atoms with Crippen LogP contribution in [-0.2, 0) is 27.9 Å². The monoisotopic (exact) mass is 990 g/mol. The summed E-state index contributed by atoms with van der Waals surface area (Å²) in [6.07, 6.45) is 60.7. The standard InChI is InChI=1S/C59H109N2O7P/c1-7-10-13-16-19-22-25-28-30-32-33-36-39-42-45-48-51-58(62)60-56(55-67-69(64,65)66-54-53-61(4,5)6)57(50-47-44-41-38-35-27-24-21-18-15-12-9-3)68-59(63)52-49-46-43-40-37-34-31-29-26-23-20-17-14-11-8-2/h20,23,26,29-30,32-33,36,47,50,56-57H,7-19,21-22,24-25,27-28,31,34-35,37-46,48-49,51-55H2,1-6H3,(H-,60,62,64,65)/p+1/b23-20+,29-26+,32-30+,36-33+,50-47+. The fourth-order valence-corrected chi connectivity index (χ4v) is 8.72. The predicted octanol–water partition coefficient (Wildman–Crippen LogP) is 17.1. The highest BCUT2D eigenvalue weighted by Crippen LogP contribution is 2.43. The van der Waals surface area contributed by atoms with Crippen LogP contribution in [0.5, 0.6) is 0 Å². The van der Waals surface area contributed by atoms with Gasteiger partial charge in [-0.15, -0.1) is 0 Å². The Hall–Kier alpha value is -2.29. The Balaban J connectivity index is 5.43. The molecule has 3 atom stereocenters. The molecule has 0 bridgehead atoms. The number of carbonyl (C=O) groups is 2. The van der Waals surface area contributed by atoms with E-state index in [2.05, 4.69) is 74.7 Å². The van der Waals surface area contributed by atoms with Gasteiger partial charge in [0.2, 0.25) is 5.91 Å². The maximum Gasteiger partial charge on any atom is 0.472 e. The van der Waals surface area contributed by atoms with Crippen molar-refractivity contribution in [3.8, 4) is 0 Å². The Labute approximate surface area is 426 Å². The molecule has 0 heterocycles. The quantitative estimate of drug-likeness (QED) is 0.0156. The van der Waals surface area contributed by atoms with Gasteiger partial charge in [-0.25, -0.2) is 4.57 Å². The summed E-state index contributed by atoms with van der Waals surface area (Å²) >= 11 is 0. The predicted molar refractivity (Wildman–Crippen MR) is 295 cm³/mol. The van der Waals surface area contributed by atoms with Crippen molar-refractivity contribution in [3.63, 3.8) is 0 Å². The molecule has 0 saturated carbocycles. The number of unbranched alkanes of at least 4 members (excludes halogenated alkanes) is 29. The molecule has 0 aromatic heterocycles. The molecule has 9 nitrogen and oxygen atoms in total. The van der Waals surface area contributed by atoms with Gasteiger partial charge in [-0.2, -0.15) is 0 Å². The molecule has 0 rings (SSSR count). The van der Waals surface area contributed by atoms with E-state index in [1.807, 2.05) is 33.3 Å².